The van der Waals surface area contributed by atoms with Crippen molar-refractivity contribution in [2.45, 2.75) is 20.3 Å². The van der Waals surface area contributed by atoms with Gasteiger partial charge in [0, 0.05) is 0 Å². The van der Waals surface area contributed by atoms with E-state index in [1.165, 1.54) is 58.2 Å². The predicted octanol–water partition coefficient (Wildman–Crippen LogP) is 8.42. The Bertz CT molecular complexity index is 2110. The summed E-state index contributed by atoms with van der Waals surface area (Å²) in [7, 11) is 0. The van der Waals surface area contributed by atoms with Crippen molar-refractivity contribution in [3.05, 3.63) is 125 Å². The first-order valence-electron chi connectivity index (χ1n) is 13.6. The van der Waals surface area contributed by atoms with Crippen LogP contribution >= 0.6 is 0 Å². The Labute approximate surface area is 238 Å². The summed E-state index contributed by atoms with van der Waals surface area (Å²) in [6.45, 7) is 4.48. The van der Waals surface area contributed by atoms with Crippen molar-refractivity contribution in [3.63, 3.8) is 0 Å². The molecule has 0 fully saturated rings. The SMILES string of the molecule is Cc1cc2c(c(-c3c(-c4ccccc4)nnnc3-c3cccc4[se]c5ccccc5c34)c1C)Cc1ccccc1-2. The van der Waals surface area contributed by atoms with Crippen molar-refractivity contribution in [2.24, 2.45) is 0 Å². The van der Waals surface area contributed by atoms with Gasteiger partial charge in [0.1, 0.15) is 0 Å². The fourth-order valence-corrected chi connectivity index (χ4v) is 8.75. The van der Waals surface area contributed by atoms with Crippen LogP contribution in [0.4, 0.5) is 0 Å². The monoisotopic (exact) mass is 579 g/mol. The van der Waals surface area contributed by atoms with Crippen LogP contribution < -0.4 is 0 Å². The van der Waals surface area contributed by atoms with Crippen LogP contribution in [0.1, 0.15) is 22.3 Å². The van der Waals surface area contributed by atoms with Crippen LogP contribution in [0.5, 0.6) is 0 Å². The summed E-state index contributed by atoms with van der Waals surface area (Å²) >= 11 is 0.271. The van der Waals surface area contributed by atoms with Crippen LogP contribution in [0.2, 0.25) is 0 Å². The molecule has 0 spiro atoms. The molecule has 0 amide bonds. The molecule has 190 valence electrons. The van der Waals surface area contributed by atoms with Crippen molar-refractivity contribution in [3.8, 4) is 44.8 Å². The van der Waals surface area contributed by atoms with E-state index in [1.807, 2.05) is 6.07 Å². The molecule has 0 unspecified atom stereocenters. The van der Waals surface area contributed by atoms with E-state index in [1.54, 1.807) is 0 Å². The van der Waals surface area contributed by atoms with Crippen LogP contribution in [0, 0.1) is 13.8 Å². The third kappa shape index (κ3) is 3.47. The van der Waals surface area contributed by atoms with Gasteiger partial charge in [-0.15, -0.1) is 0 Å². The van der Waals surface area contributed by atoms with Gasteiger partial charge in [-0.1, -0.05) is 0 Å². The zero-order chi connectivity index (χ0) is 26.8. The Morgan fingerprint density at radius 3 is 2.25 bits per heavy atom. The van der Waals surface area contributed by atoms with Gasteiger partial charge in [-0.05, 0) is 0 Å². The summed E-state index contributed by atoms with van der Waals surface area (Å²) in [6, 6.07) is 37.1. The zero-order valence-corrected chi connectivity index (χ0v) is 24.0. The molecule has 1 aliphatic rings. The number of fused-ring (bicyclic) bond motifs is 6. The molecule has 0 saturated heterocycles. The van der Waals surface area contributed by atoms with E-state index in [2.05, 4.69) is 116 Å². The number of hydrogen-bond donors (Lipinski definition) is 0. The van der Waals surface area contributed by atoms with Crippen molar-refractivity contribution in [2.75, 3.05) is 0 Å². The molecule has 4 heteroatoms. The molecule has 8 rings (SSSR count). The first-order valence-corrected chi connectivity index (χ1v) is 15.3. The number of benzene rings is 5. The van der Waals surface area contributed by atoms with Gasteiger partial charge < -0.3 is 0 Å². The second kappa shape index (κ2) is 9.09. The van der Waals surface area contributed by atoms with Crippen molar-refractivity contribution in [1.29, 1.82) is 0 Å². The summed E-state index contributed by atoms with van der Waals surface area (Å²) in [4.78, 5) is 0. The Morgan fingerprint density at radius 2 is 1.35 bits per heavy atom. The van der Waals surface area contributed by atoms with E-state index in [9.17, 15) is 0 Å². The topological polar surface area (TPSA) is 38.7 Å². The molecule has 0 atom stereocenters. The standard InChI is InChI=1S/C36H25N3Se/c1-21-19-28-25-14-7-6-13-24(25)20-29(28)32(22(21)2)34-35(23-11-4-3-5-12-23)37-39-38-36(34)27-16-10-18-31-33(27)26-15-8-9-17-30(26)40-31/h3-19H,20H2,1-2H3. The molecule has 2 aromatic heterocycles. The van der Waals surface area contributed by atoms with Crippen LogP contribution in [0.25, 0.3) is 64.1 Å². The van der Waals surface area contributed by atoms with E-state index < -0.39 is 0 Å². The number of aryl methyl sites for hydroxylation is 1. The van der Waals surface area contributed by atoms with Gasteiger partial charge in [-0.2, -0.15) is 0 Å². The molecular weight excluding hydrogens is 553 g/mol. The van der Waals surface area contributed by atoms with Gasteiger partial charge in [0.2, 0.25) is 0 Å². The molecule has 0 bridgehead atoms. The summed E-state index contributed by atoms with van der Waals surface area (Å²) < 4.78 is 2.82. The molecule has 0 saturated carbocycles. The molecule has 40 heavy (non-hydrogen) atoms. The maximum absolute atomic E-state index is 4.85. The predicted molar refractivity (Wildman–Crippen MR) is 166 cm³/mol. The van der Waals surface area contributed by atoms with Gasteiger partial charge in [0.15, 0.2) is 0 Å². The maximum atomic E-state index is 4.85. The fraction of sp³-hybridized carbons (Fsp3) is 0.0833. The third-order valence-electron chi connectivity index (χ3n) is 8.35. The molecule has 0 aliphatic heterocycles. The Morgan fingerprint density at radius 1 is 0.625 bits per heavy atom. The summed E-state index contributed by atoms with van der Waals surface area (Å²) in [5, 5.41) is 16.6. The molecule has 0 N–H and O–H groups in total. The minimum atomic E-state index is 0.271. The fourth-order valence-electron chi connectivity index (χ4n) is 6.38. The number of nitrogens with zero attached hydrogens (tertiary/aromatic N) is 3. The quantitative estimate of drug-likeness (QED) is 0.198. The average molecular weight is 579 g/mol. The minimum absolute atomic E-state index is 0.271. The molecule has 3 nitrogen and oxygen atoms in total. The number of hydrogen-bond acceptors (Lipinski definition) is 3. The number of aromatic nitrogens is 3. The van der Waals surface area contributed by atoms with Crippen LogP contribution in [-0.2, 0) is 6.42 Å². The summed E-state index contributed by atoms with van der Waals surface area (Å²) in [5.41, 5.74) is 14.2. The van der Waals surface area contributed by atoms with Crippen molar-refractivity contribution < 1.29 is 0 Å². The van der Waals surface area contributed by atoms with Gasteiger partial charge in [0.05, 0.1) is 0 Å². The second-order valence-corrected chi connectivity index (χ2v) is 12.8. The Kier molecular flexibility index (Phi) is 5.34. The van der Waals surface area contributed by atoms with E-state index in [4.69, 9.17) is 10.2 Å². The van der Waals surface area contributed by atoms with E-state index in [0.29, 0.717) is 0 Å². The summed E-state index contributed by atoms with van der Waals surface area (Å²) in [6.07, 6.45) is 0.900. The van der Waals surface area contributed by atoms with Crippen LogP contribution in [0.15, 0.2) is 103 Å². The molecule has 0 radical (unpaired) electrons. The van der Waals surface area contributed by atoms with Crippen molar-refractivity contribution >= 4 is 33.8 Å². The van der Waals surface area contributed by atoms with E-state index >= 15 is 0 Å². The van der Waals surface area contributed by atoms with Crippen molar-refractivity contribution in [1.82, 2.24) is 15.4 Å². The molecular formula is C36H25N3Se. The number of rotatable bonds is 3. The van der Waals surface area contributed by atoms with Crippen LogP contribution in [0.3, 0.4) is 0 Å². The van der Waals surface area contributed by atoms with Gasteiger partial charge in [-0.25, -0.2) is 0 Å². The van der Waals surface area contributed by atoms with E-state index in [-0.39, 0.29) is 14.5 Å². The average Bonchev–Trinajstić information content (AvgIpc) is 3.56. The Balaban J connectivity index is 1.52. The van der Waals surface area contributed by atoms with Gasteiger partial charge >= 0.3 is 240 Å². The van der Waals surface area contributed by atoms with Gasteiger partial charge in [0.25, 0.3) is 0 Å². The Hall–Kier alpha value is -4.37. The second-order valence-electron chi connectivity index (χ2n) is 10.6. The van der Waals surface area contributed by atoms with Crippen LogP contribution in [-0.4, -0.2) is 29.9 Å². The molecule has 2 heterocycles. The molecule has 5 aromatic carbocycles. The molecule has 7 aromatic rings. The summed E-state index contributed by atoms with van der Waals surface area (Å²) in [5.74, 6) is 0. The molecule has 1 aliphatic carbocycles. The van der Waals surface area contributed by atoms with Gasteiger partial charge in [-0.3, -0.25) is 0 Å². The zero-order valence-electron chi connectivity index (χ0n) is 22.3. The first-order chi connectivity index (χ1) is 19.7. The first kappa shape index (κ1) is 23.5. The third-order valence-corrected chi connectivity index (χ3v) is 10.7. The van der Waals surface area contributed by atoms with E-state index in [0.717, 1.165) is 34.5 Å². The normalized spacial score (nSPS) is 12.2.